The van der Waals surface area contributed by atoms with Crippen molar-refractivity contribution in [3.8, 4) is 0 Å². The predicted molar refractivity (Wildman–Crippen MR) is 41.7 cm³/mol. The minimum Gasteiger partial charge on any atom is -0.410 e. The second-order valence-electron chi connectivity index (χ2n) is 1.85. The third-order valence-electron chi connectivity index (χ3n) is 1.17. The standard InChI is InChI=1S/C6H5N5O/c7-11-9-6(10-12)5-1-3-8-4-2-5/h1-4,12H. The predicted octanol–water partition coefficient (Wildman–Crippen LogP) is 1.53. The summed E-state index contributed by atoms with van der Waals surface area (Å²) in [7, 11) is 0. The summed E-state index contributed by atoms with van der Waals surface area (Å²) in [4.78, 5) is 6.25. The largest absolute Gasteiger partial charge is 0.410 e. The minimum absolute atomic E-state index is 0.0695. The summed E-state index contributed by atoms with van der Waals surface area (Å²) >= 11 is 0. The highest BCUT2D eigenvalue weighted by molar-refractivity contribution is 5.98. The number of amidine groups is 1. The molecule has 0 bridgehead atoms. The molecule has 1 aromatic rings. The van der Waals surface area contributed by atoms with Gasteiger partial charge < -0.3 is 5.21 Å². The van der Waals surface area contributed by atoms with Crippen LogP contribution in [0.5, 0.6) is 0 Å². The van der Waals surface area contributed by atoms with Gasteiger partial charge in [0.2, 0.25) is 0 Å². The Morgan fingerprint density at radius 1 is 1.50 bits per heavy atom. The summed E-state index contributed by atoms with van der Waals surface area (Å²) in [6.07, 6.45) is 3.01. The van der Waals surface area contributed by atoms with Gasteiger partial charge >= 0.3 is 0 Å². The summed E-state index contributed by atoms with van der Waals surface area (Å²) < 4.78 is 0. The molecule has 0 saturated carbocycles. The molecule has 0 aromatic carbocycles. The Morgan fingerprint density at radius 2 is 2.17 bits per heavy atom. The maximum absolute atomic E-state index is 8.41. The zero-order valence-electron chi connectivity index (χ0n) is 5.99. The lowest BCUT2D eigenvalue weighted by atomic mass is 10.2. The normalized spacial score (nSPS) is 10.5. The van der Waals surface area contributed by atoms with Crippen LogP contribution in [0.2, 0.25) is 0 Å². The van der Waals surface area contributed by atoms with Crippen LogP contribution in [0, 0.1) is 0 Å². The first kappa shape index (κ1) is 8.03. The first-order valence-corrected chi connectivity index (χ1v) is 3.06. The van der Waals surface area contributed by atoms with Gasteiger partial charge in [0, 0.05) is 22.9 Å². The van der Waals surface area contributed by atoms with Crippen molar-refractivity contribution in [2.45, 2.75) is 0 Å². The molecule has 0 fully saturated rings. The van der Waals surface area contributed by atoms with Gasteiger partial charge in [-0.15, -0.1) is 0 Å². The molecule has 0 radical (unpaired) electrons. The van der Waals surface area contributed by atoms with Gasteiger partial charge in [0.15, 0.2) is 5.84 Å². The average molecular weight is 163 g/mol. The lowest BCUT2D eigenvalue weighted by molar-refractivity contribution is 0.318. The monoisotopic (exact) mass is 163 g/mol. The quantitative estimate of drug-likeness (QED) is 0.129. The maximum Gasteiger partial charge on any atom is 0.173 e. The SMILES string of the molecule is [N-]=[N+]=NC(=NO)c1ccncc1. The molecule has 0 aliphatic heterocycles. The van der Waals surface area contributed by atoms with E-state index in [9.17, 15) is 0 Å². The molecule has 0 aliphatic rings. The summed E-state index contributed by atoms with van der Waals surface area (Å²) in [5.41, 5.74) is 8.60. The Morgan fingerprint density at radius 3 is 2.67 bits per heavy atom. The van der Waals surface area contributed by atoms with Crippen molar-refractivity contribution in [2.75, 3.05) is 0 Å². The average Bonchev–Trinajstić information content (AvgIpc) is 2.15. The minimum atomic E-state index is -0.0695. The fourth-order valence-electron chi connectivity index (χ4n) is 0.679. The van der Waals surface area contributed by atoms with Crippen LogP contribution in [0.25, 0.3) is 10.4 Å². The van der Waals surface area contributed by atoms with Crippen molar-refractivity contribution in [1.82, 2.24) is 4.98 Å². The van der Waals surface area contributed by atoms with Crippen LogP contribution in [-0.4, -0.2) is 16.0 Å². The number of hydrogen-bond donors (Lipinski definition) is 1. The number of rotatable bonds is 1. The second kappa shape index (κ2) is 3.95. The first-order valence-electron chi connectivity index (χ1n) is 3.06. The van der Waals surface area contributed by atoms with Gasteiger partial charge in [-0.05, 0) is 22.8 Å². The van der Waals surface area contributed by atoms with Gasteiger partial charge in [0.25, 0.3) is 0 Å². The zero-order valence-corrected chi connectivity index (χ0v) is 5.99. The molecule has 1 aromatic heterocycles. The van der Waals surface area contributed by atoms with E-state index in [0.29, 0.717) is 5.56 Å². The van der Waals surface area contributed by atoms with Crippen LogP contribution in [0.1, 0.15) is 5.56 Å². The topological polar surface area (TPSA) is 94.2 Å². The Kier molecular flexibility index (Phi) is 2.64. The third-order valence-corrected chi connectivity index (χ3v) is 1.17. The Labute approximate surface area is 67.8 Å². The molecule has 0 unspecified atom stereocenters. The van der Waals surface area contributed by atoms with Crippen LogP contribution in [-0.2, 0) is 0 Å². The van der Waals surface area contributed by atoms with Crippen molar-refractivity contribution in [3.63, 3.8) is 0 Å². The number of nitrogens with zero attached hydrogens (tertiary/aromatic N) is 5. The number of oxime groups is 1. The second-order valence-corrected chi connectivity index (χ2v) is 1.85. The molecule has 6 nitrogen and oxygen atoms in total. The highest BCUT2D eigenvalue weighted by Gasteiger charge is 1.98. The smallest absolute Gasteiger partial charge is 0.173 e. The van der Waals surface area contributed by atoms with Crippen LogP contribution in [0.15, 0.2) is 34.8 Å². The van der Waals surface area contributed by atoms with Gasteiger partial charge in [-0.1, -0.05) is 5.16 Å². The van der Waals surface area contributed by atoms with Crippen LogP contribution in [0.4, 0.5) is 0 Å². The van der Waals surface area contributed by atoms with Crippen LogP contribution in [0.3, 0.4) is 0 Å². The molecule has 0 aliphatic carbocycles. The zero-order chi connectivity index (χ0) is 8.81. The number of hydrogen-bond acceptors (Lipinski definition) is 3. The number of azide groups is 1. The molecule has 0 amide bonds. The van der Waals surface area contributed by atoms with Crippen molar-refractivity contribution >= 4 is 5.84 Å². The molecule has 0 atom stereocenters. The van der Waals surface area contributed by atoms with E-state index in [0.717, 1.165) is 0 Å². The summed E-state index contributed by atoms with van der Waals surface area (Å²) in [6.45, 7) is 0. The van der Waals surface area contributed by atoms with Gasteiger partial charge in [-0.25, -0.2) is 0 Å². The number of pyridine rings is 1. The molecule has 1 rings (SSSR count). The molecule has 12 heavy (non-hydrogen) atoms. The summed E-state index contributed by atoms with van der Waals surface area (Å²) in [5.74, 6) is -0.0695. The van der Waals surface area contributed by atoms with E-state index in [1.165, 1.54) is 12.4 Å². The van der Waals surface area contributed by atoms with Gasteiger partial charge in [-0.2, -0.15) is 0 Å². The lowest BCUT2D eigenvalue weighted by Crippen LogP contribution is -1.94. The van der Waals surface area contributed by atoms with Crippen molar-refractivity contribution in [2.24, 2.45) is 10.3 Å². The molecular weight excluding hydrogens is 158 g/mol. The fraction of sp³-hybridized carbons (Fsp3) is 0. The fourth-order valence-corrected chi connectivity index (χ4v) is 0.679. The molecule has 60 valence electrons. The van der Waals surface area contributed by atoms with E-state index in [1.54, 1.807) is 12.1 Å². The van der Waals surface area contributed by atoms with E-state index in [-0.39, 0.29) is 5.84 Å². The van der Waals surface area contributed by atoms with Crippen LogP contribution < -0.4 is 0 Å². The van der Waals surface area contributed by atoms with E-state index in [1.807, 2.05) is 0 Å². The van der Waals surface area contributed by atoms with Gasteiger partial charge in [0.1, 0.15) is 0 Å². The first-order chi connectivity index (χ1) is 5.88. The molecule has 1 heterocycles. The Bertz CT molecular complexity index is 327. The molecule has 0 spiro atoms. The van der Waals surface area contributed by atoms with E-state index >= 15 is 0 Å². The van der Waals surface area contributed by atoms with Crippen molar-refractivity contribution < 1.29 is 5.21 Å². The highest BCUT2D eigenvalue weighted by Crippen LogP contribution is 1.99. The molecule has 1 N–H and O–H groups in total. The van der Waals surface area contributed by atoms with E-state index in [2.05, 4.69) is 20.2 Å². The van der Waals surface area contributed by atoms with Crippen molar-refractivity contribution in [1.29, 1.82) is 0 Å². The summed E-state index contributed by atoms with van der Waals surface area (Å²) in [5, 5.41) is 14.4. The summed E-state index contributed by atoms with van der Waals surface area (Å²) in [6, 6.07) is 3.15. The Hall–Kier alpha value is -2.07. The van der Waals surface area contributed by atoms with Gasteiger partial charge in [-0.3, -0.25) is 4.98 Å². The van der Waals surface area contributed by atoms with E-state index < -0.39 is 0 Å². The maximum atomic E-state index is 8.41. The highest BCUT2D eigenvalue weighted by atomic mass is 16.4. The molecular formula is C6H5N5O. The van der Waals surface area contributed by atoms with Crippen molar-refractivity contribution in [3.05, 3.63) is 40.5 Å². The van der Waals surface area contributed by atoms with Gasteiger partial charge in [0.05, 0.1) is 0 Å². The molecule has 6 heteroatoms. The van der Waals surface area contributed by atoms with E-state index in [4.69, 9.17) is 10.7 Å². The Balaban J connectivity index is 3.05. The number of aromatic nitrogens is 1. The third kappa shape index (κ3) is 1.71. The lowest BCUT2D eigenvalue weighted by Gasteiger charge is -1.93. The molecule has 0 saturated heterocycles. The van der Waals surface area contributed by atoms with Crippen LogP contribution >= 0.6 is 0 Å².